The molecule has 1 aliphatic heterocycles. The topological polar surface area (TPSA) is 3.01 Å². The number of halogens is 1. The largest absolute Gasteiger partial charge is 0.232 e. The highest BCUT2D eigenvalue weighted by Gasteiger charge is 2.08. The van der Waals surface area contributed by atoms with Crippen LogP contribution in [0.2, 0.25) is 0 Å². The Labute approximate surface area is 55.0 Å². The third-order valence-electron chi connectivity index (χ3n) is 1.53. The van der Waals surface area contributed by atoms with E-state index < -0.39 is 0 Å². The van der Waals surface area contributed by atoms with Gasteiger partial charge < -0.3 is 0 Å². The van der Waals surface area contributed by atoms with Gasteiger partial charge in [0.2, 0.25) is 5.67 Å². The summed E-state index contributed by atoms with van der Waals surface area (Å²) in [6.07, 6.45) is 3.99. The van der Waals surface area contributed by atoms with E-state index in [2.05, 4.69) is 4.58 Å². The van der Waals surface area contributed by atoms with Crippen LogP contribution >= 0.6 is 11.6 Å². The summed E-state index contributed by atoms with van der Waals surface area (Å²) >= 11 is 5.48. The Balaban J connectivity index is 2.33. The van der Waals surface area contributed by atoms with Crippen molar-refractivity contribution in [3.63, 3.8) is 0 Å². The molecule has 0 spiro atoms. The van der Waals surface area contributed by atoms with Gasteiger partial charge >= 0.3 is 0 Å². The molecule has 0 aromatic rings. The lowest BCUT2D eigenvalue weighted by Gasteiger charge is -2.06. The molecule has 0 amide bonds. The lowest BCUT2D eigenvalue weighted by molar-refractivity contribution is -0.530. The fourth-order valence-electron chi connectivity index (χ4n) is 1.02. The zero-order chi connectivity index (χ0) is 5.82. The molecule has 1 fully saturated rings. The Morgan fingerprint density at radius 1 is 1.12 bits per heavy atom. The van der Waals surface area contributed by atoms with E-state index in [0.717, 1.165) is 13.1 Å². The van der Waals surface area contributed by atoms with Crippen LogP contribution in [0.5, 0.6) is 0 Å². The molecule has 0 aliphatic carbocycles. The molecule has 0 saturated carbocycles. The summed E-state index contributed by atoms with van der Waals surface area (Å²) in [7, 11) is 0. The van der Waals surface area contributed by atoms with E-state index in [4.69, 9.17) is 11.6 Å². The minimum Gasteiger partial charge on any atom is -0.226 e. The molecule has 0 radical (unpaired) electrons. The van der Waals surface area contributed by atoms with E-state index >= 15 is 0 Å². The van der Waals surface area contributed by atoms with E-state index in [-0.39, 0.29) is 0 Å². The highest BCUT2D eigenvalue weighted by molar-refractivity contribution is 6.54. The second-order valence-corrected chi connectivity index (χ2v) is 2.39. The normalized spacial score (nSPS) is 20.9. The van der Waals surface area contributed by atoms with E-state index in [9.17, 15) is 0 Å². The summed E-state index contributed by atoms with van der Waals surface area (Å²) in [5.74, 6) is 0. The van der Waals surface area contributed by atoms with Gasteiger partial charge in [0.05, 0.1) is 0 Å². The van der Waals surface area contributed by atoms with Crippen LogP contribution in [0, 0.1) is 0 Å². The predicted molar refractivity (Wildman–Crippen MR) is 35.8 cm³/mol. The molecular weight excluding hydrogens is 122 g/mol. The predicted octanol–water partition coefficient (Wildman–Crippen LogP) is 1.45. The molecule has 1 nitrogen and oxygen atoms in total. The number of hydrogen-bond donors (Lipinski definition) is 0. The van der Waals surface area contributed by atoms with Crippen LogP contribution in [-0.2, 0) is 0 Å². The molecule has 1 saturated heterocycles. The summed E-state index contributed by atoms with van der Waals surface area (Å²) < 4.78 is 2.16. The molecule has 0 N–H and O–H groups in total. The first-order valence-electron chi connectivity index (χ1n) is 3.11. The van der Waals surface area contributed by atoms with Gasteiger partial charge in [0.25, 0.3) is 0 Å². The summed E-state index contributed by atoms with van der Waals surface area (Å²) in [6, 6.07) is 0. The van der Waals surface area contributed by atoms with Gasteiger partial charge in [-0.25, -0.2) is 4.58 Å². The number of piperidine rings is 1. The van der Waals surface area contributed by atoms with Crippen molar-refractivity contribution in [3.05, 3.63) is 0 Å². The summed E-state index contributed by atoms with van der Waals surface area (Å²) in [6.45, 7) is 2.31. The van der Waals surface area contributed by atoms with E-state index in [1.54, 1.807) is 5.67 Å². The minimum absolute atomic E-state index is 1.16. The zero-order valence-electron chi connectivity index (χ0n) is 4.94. The maximum Gasteiger partial charge on any atom is 0.232 e. The van der Waals surface area contributed by atoms with Gasteiger partial charge in [0.1, 0.15) is 13.1 Å². The quantitative estimate of drug-likeness (QED) is 0.439. The van der Waals surface area contributed by atoms with Gasteiger partial charge in [-0.15, -0.1) is 0 Å². The highest BCUT2D eigenvalue weighted by atomic mass is 35.5. The monoisotopic (exact) mass is 132 g/mol. The molecular formula is C6H11ClN+. The van der Waals surface area contributed by atoms with Crippen LogP contribution < -0.4 is 0 Å². The van der Waals surface area contributed by atoms with E-state index in [0.29, 0.717) is 0 Å². The SMILES string of the molecule is ClC=[N+]1CCCCC1. The number of nitrogens with zero attached hydrogens (tertiary/aromatic N) is 1. The Bertz CT molecular complexity index is 90.7. The Hall–Kier alpha value is -0.0400. The van der Waals surface area contributed by atoms with Crippen LogP contribution in [0.25, 0.3) is 0 Å². The lowest BCUT2D eigenvalue weighted by Crippen LogP contribution is -2.19. The first-order chi connectivity index (χ1) is 3.93. The Morgan fingerprint density at radius 2 is 1.75 bits per heavy atom. The van der Waals surface area contributed by atoms with E-state index in [1.165, 1.54) is 19.3 Å². The van der Waals surface area contributed by atoms with Crippen molar-refractivity contribution in [3.8, 4) is 0 Å². The molecule has 1 aliphatic rings. The minimum atomic E-state index is 1.16. The molecule has 0 atom stereocenters. The average molecular weight is 133 g/mol. The molecule has 0 aromatic heterocycles. The Kier molecular flexibility index (Phi) is 2.34. The second-order valence-electron chi connectivity index (χ2n) is 2.19. The molecule has 8 heavy (non-hydrogen) atoms. The first kappa shape index (κ1) is 6.09. The third kappa shape index (κ3) is 1.48. The van der Waals surface area contributed by atoms with Gasteiger partial charge in [-0.2, -0.15) is 0 Å². The second kappa shape index (κ2) is 3.08. The molecule has 1 heterocycles. The molecule has 0 unspecified atom stereocenters. The fourth-order valence-corrected chi connectivity index (χ4v) is 1.21. The first-order valence-corrected chi connectivity index (χ1v) is 3.55. The summed E-state index contributed by atoms with van der Waals surface area (Å²) in [5.41, 5.74) is 1.67. The molecule has 1 rings (SSSR count). The van der Waals surface area contributed by atoms with Crippen molar-refractivity contribution in [2.75, 3.05) is 13.1 Å². The van der Waals surface area contributed by atoms with Crippen LogP contribution in [0.3, 0.4) is 0 Å². The Morgan fingerprint density at radius 3 is 2.12 bits per heavy atom. The van der Waals surface area contributed by atoms with E-state index in [1.807, 2.05) is 0 Å². The van der Waals surface area contributed by atoms with Gasteiger partial charge in [-0.1, -0.05) is 0 Å². The smallest absolute Gasteiger partial charge is 0.226 e. The third-order valence-corrected chi connectivity index (χ3v) is 1.80. The standard InChI is InChI=1S/C6H11ClN/c7-6-8-4-2-1-3-5-8/h6H,1-5H2/q+1. The van der Waals surface area contributed by atoms with Gasteiger partial charge in [0.15, 0.2) is 0 Å². The zero-order valence-corrected chi connectivity index (χ0v) is 5.69. The molecule has 2 heteroatoms. The summed E-state index contributed by atoms with van der Waals surface area (Å²) in [5, 5.41) is 0. The number of hydrogen-bond acceptors (Lipinski definition) is 0. The van der Waals surface area contributed by atoms with Crippen molar-refractivity contribution in [2.24, 2.45) is 0 Å². The van der Waals surface area contributed by atoms with Crippen molar-refractivity contribution in [1.29, 1.82) is 0 Å². The summed E-state index contributed by atoms with van der Waals surface area (Å²) in [4.78, 5) is 0. The molecule has 46 valence electrons. The van der Waals surface area contributed by atoms with Crippen LogP contribution in [-0.4, -0.2) is 23.3 Å². The number of rotatable bonds is 0. The van der Waals surface area contributed by atoms with Crippen LogP contribution in [0.15, 0.2) is 0 Å². The van der Waals surface area contributed by atoms with Crippen molar-refractivity contribution >= 4 is 17.3 Å². The van der Waals surface area contributed by atoms with Crippen LogP contribution in [0.4, 0.5) is 0 Å². The average Bonchev–Trinajstić information content (AvgIpc) is 1.90. The molecule has 0 bridgehead atoms. The maximum absolute atomic E-state index is 5.48. The van der Waals surface area contributed by atoms with Gasteiger partial charge in [-0.3, -0.25) is 0 Å². The lowest BCUT2D eigenvalue weighted by atomic mass is 10.2. The fraction of sp³-hybridized carbons (Fsp3) is 0.833. The van der Waals surface area contributed by atoms with Gasteiger partial charge in [-0.05, 0) is 18.0 Å². The van der Waals surface area contributed by atoms with Crippen molar-refractivity contribution in [2.45, 2.75) is 19.3 Å². The highest BCUT2D eigenvalue weighted by Crippen LogP contribution is 2.02. The molecule has 0 aromatic carbocycles. The van der Waals surface area contributed by atoms with Crippen molar-refractivity contribution < 1.29 is 4.58 Å². The maximum atomic E-state index is 5.48. The van der Waals surface area contributed by atoms with Crippen LogP contribution in [0.1, 0.15) is 19.3 Å². The van der Waals surface area contributed by atoms with Gasteiger partial charge in [0, 0.05) is 12.8 Å². The van der Waals surface area contributed by atoms with Crippen molar-refractivity contribution in [1.82, 2.24) is 0 Å².